The van der Waals surface area contributed by atoms with E-state index >= 15 is 0 Å². The fourth-order valence-corrected chi connectivity index (χ4v) is 3.00. The minimum atomic E-state index is -0.145. The predicted molar refractivity (Wildman–Crippen MR) is 86.5 cm³/mol. The lowest BCUT2D eigenvalue weighted by molar-refractivity contribution is 0.370. The van der Waals surface area contributed by atoms with E-state index < -0.39 is 0 Å². The van der Waals surface area contributed by atoms with E-state index in [-0.39, 0.29) is 12.1 Å². The molecule has 3 aromatic heterocycles. The first-order valence-electron chi connectivity index (χ1n) is 7.39. The van der Waals surface area contributed by atoms with Gasteiger partial charge in [0.2, 0.25) is 5.89 Å². The van der Waals surface area contributed by atoms with Crippen LogP contribution in [0.2, 0.25) is 0 Å². The first kappa shape index (κ1) is 15.5. The van der Waals surface area contributed by atoms with Gasteiger partial charge in [0.1, 0.15) is 10.8 Å². The fourth-order valence-electron chi connectivity index (χ4n) is 2.20. The van der Waals surface area contributed by atoms with E-state index in [4.69, 9.17) is 4.52 Å². The summed E-state index contributed by atoms with van der Waals surface area (Å²) in [5.41, 5.74) is 1.23. The molecular formula is C15H17N5O2S. The van der Waals surface area contributed by atoms with Crippen LogP contribution >= 0.6 is 11.3 Å². The van der Waals surface area contributed by atoms with Crippen LogP contribution in [0.1, 0.15) is 36.6 Å². The lowest BCUT2D eigenvalue weighted by Crippen LogP contribution is -2.26. The Hall–Kier alpha value is -2.35. The van der Waals surface area contributed by atoms with Crippen LogP contribution in [0.3, 0.4) is 0 Å². The largest absolute Gasteiger partial charge is 0.339 e. The van der Waals surface area contributed by atoms with Crippen molar-refractivity contribution >= 4 is 11.3 Å². The van der Waals surface area contributed by atoms with Gasteiger partial charge in [-0.15, -0.1) is 11.3 Å². The molecule has 0 bridgehead atoms. The second kappa shape index (κ2) is 6.41. The average molecular weight is 331 g/mol. The standard InChI is InChI=1S/C15H17N5O2S/c1-4-5-13-18-12(19-22-13)7-20-10(3)16-6-11(15(20)21)14-17-9(2)8-23-14/h6,8H,4-5,7H2,1-3H3. The Labute approximate surface area is 137 Å². The Morgan fingerprint density at radius 3 is 2.83 bits per heavy atom. The fraction of sp³-hybridized carbons (Fsp3) is 0.400. The number of aryl methyl sites for hydroxylation is 3. The van der Waals surface area contributed by atoms with Gasteiger partial charge < -0.3 is 4.52 Å². The van der Waals surface area contributed by atoms with Crippen molar-refractivity contribution in [3.05, 3.63) is 45.2 Å². The monoisotopic (exact) mass is 331 g/mol. The van der Waals surface area contributed by atoms with Crippen molar-refractivity contribution < 1.29 is 4.52 Å². The lowest BCUT2D eigenvalue weighted by Gasteiger charge is -2.07. The number of thiazole rings is 1. The zero-order chi connectivity index (χ0) is 16.4. The molecule has 0 fully saturated rings. The van der Waals surface area contributed by atoms with Crippen LogP contribution in [-0.2, 0) is 13.0 Å². The van der Waals surface area contributed by atoms with Crippen molar-refractivity contribution in [3.63, 3.8) is 0 Å². The van der Waals surface area contributed by atoms with E-state index in [1.54, 1.807) is 17.7 Å². The van der Waals surface area contributed by atoms with Crippen LogP contribution in [-0.4, -0.2) is 24.7 Å². The van der Waals surface area contributed by atoms with Gasteiger partial charge in [-0.2, -0.15) is 4.98 Å². The Balaban J connectivity index is 1.96. The summed E-state index contributed by atoms with van der Waals surface area (Å²) in [5.74, 6) is 1.68. The molecule has 0 spiro atoms. The second-order valence-electron chi connectivity index (χ2n) is 5.26. The molecule has 3 rings (SSSR count). The molecule has 0 radical (unpaired) electrons. The number of hydrogen-bond acceptors (Lipinski definition) is 7. The molecule has 0 N–H and O–H groups in total. The highest BCUT2D eigenvalue weighted by Gasteiger charge is 2.15. The van der Waals surface area contributed by atoms with Crippen LogP contribution in [0.5, 0.6) is 0 Å². The number of nitrogens with zero attached hydrogens (tertiary/aromatic N) is 5. The van der Waals surface area contributed by atoms with Gasteiger partial charge in [-0.3, -0.25) is 9.36 Å². The number of rotatable bonds is 5. The second-order valence-corrected chi connectivity index (χ2v) is 6.12. The van der Waals surface area contributed by atoms with Gasteiger partial charge >= 0.3 is 0 Å². The van der Waals surface area contributed by atoms with E-state index in [0.29, 0.717) is 28.1 Å². The molecule has 8 heteroatoms. The molecule has 0 aromatic carbocycles. The minimum Gasteiger partial charge on any atom is -0.339 e. The van der Waals surface area contributed by atoms with Crippen LogP contribution < -0.4 is 5.56 Å². The van der Waals surface area contributed by atoms with Crippen LogP contribution in [0.4, 0.5) is 0 Å². The van der Waals surface area contributed by atoms with Crippen LogP contribution in [0.15, 0.2) is 20.9 Å². The maximum atomic E-state index is 12.7. The molecule has 0 saturated heterocycles. The summed E-state index contributed by atoms with van der Waals surface area (Å²) in [5, 5.41) is 6.52. The van der Waals surface area contributed by atoms with Gasteiger partial charge in [-0.25, -0.2) is 9.97 Å². The SMILES string of the molecule is CCCc1nc(Cn2c(C)ncc(-c3nc(C)cs3)c2=O)no1. The van der Waals surface area contributed by atoms with E-state index in [0.717, 1.165) is 18.5 Å². The zero-order valence-corrected chi connectivity index (χ0v) is 14.1. The molecule has 0 aliphatic rings. The van der Waals surface area contributed by atoms with Gasteiger partial charge in [0.15, 0.2) is 5.82 Å². The smallest absolute Gasteiger partial charge is 0.264 e. The van der Waals surface area contributed by atoms with E-state index in [1.165, 1.54) is 11.3 Å². The minimum absolute atomic E-state index is 0.145. The Bertz CT molecular complexity index is 880. The van der Waals surface area contributed by atoms with Gasteiger partial charge in [0, 0.05) is 23.7 Å². The molecule has 0 saturated carbocycles. The highest BCUT2D eigenvalue weighted by Crippen LogP contribution is 2.19. The van der Waals surface area contributed by atoms with Gasteiger partial charge in [0.25, 0.3) is 5.56 Å². The maximum absolute atomic E-state index is 12.7. The maximum Gasteiger partial charge on any atom is 0.264 e. The van der Waals surface area contributed by atoms with Crippen molar-refractivity contribution in [2.75, 3.05) is 0 Å². The Morgan fingerprint density at radius 1 is 1.30 bits per heavy atom. The molecule has 0 aliphatic carbocycles. The van der Waals surface area contributed by atoms with Gasteiger partial charge in [-0.05, 0) is 20.3 Å². The molecule has 3 heterocycles. The molecule has 23 heavy (non-hydrogen) atoms. The van der Waals surface area contributed by atoms with Gasteiger partial charge in [-0.1, -0.05) is 12.1 Å². The molecule has 0 unspecified atom stereocenters. The first-order valence-corrected chi connectivity index (χ1v) is 8.27. The van der Waals surface area contributed by atoms with Crippen molar-refractivity contribution in [3.8, 4) is 10.6 Å². The van der Waals surface area contributed by atoms with E-state index in [1.807, 2.05) is 19.2 Å². The molecule has 7 nitrogen and oxygen atoms in total. The Morgan fingerprint density at radius 2 is 2.13 bits per heavy atom. The third-order valence-corrected chi connectivity index (χ3v) is 4.36. The predicted octanol–water partition coefficient (Wildman–Crippen LogP) is 2.37. The van der Waals surface area contributed by atoms with Gasteiger partial charge in [0.05, 0.1) is 12.1 Å². The van der Waals surface area contributed by atoms with Crippen molar-refractivity contribution in [2.24, 2.45) is 0 Å². The Kier molecular flexibility index (Phi) is 4.33. The highest BCUT2D eigenvalue weighted by molar-refractivity contribution is 7.13. The molecule has 0 atom stereocenters. The summed E-state index contributed by atoms with van der Waals surface area (Å²) >= 11 is 1.43. The number of aromatic nitrogens is 5. The normalized spacial score (nSPS) is 11.1. The summed E-state index contributed by atoms with van der Waals surface area (Å²) in [4.78, 5) is 25.7. The van der Waals surface area contributed by atoms with Crippen molar-refractivity contribution in [2.45, 2.75) is 40.2 Å². The topological polar surface area (TPSA) is 86.7 Å². The summed E-state index contributed by atoms with van der Waals surface area (Å²) in [6, 6.07) is 0. The van der Waals surface area contributed by atoms with Crippen molar-refractivity contribution in [1.82, 2.24) is 24.7 Å². The molecule has 120 valence electrons. The van der Waals surface area contributed by atoms with Crippen LogP contribution in [0, 0.1) is 13.8 Å². The highest BCUT2D eigenvalue weighted by atomic mass is 32.1. The molecule has 0 aliphatic heterocycles. The zero-order valence-electron chi connectivity index (χ0n) is 13.2. The summed E-state index contributed by atoms with van der Waals surface area (Å²) in [7, 11) is 0. The van der Waals surface area contributed by atoms with Crippen LogP contribution in [0.25, 0.3) is 10.6 Å². The summed E-state index contributed by atoms with van der Waals surface area (Å²) in [6.45, 7) is 5.96. The van der Waals surface area contributed by atoms with E-state index in [2.05, 4.69) is 20.1 Å². The third kappa shape index (κ3) is 3.21. The summed E-state index contributed by atoms with van der Waals surface area (Å²) in [6.07, 6.45) is 3.24. The van der Waals surface area contributed by atoms with E-state index in [9.17, 15) is 4.79 Å². The number of hydrogen-bond donors (Lipinski definition) is 0. The quantitative estimate of drug-likeness (QED) is 0.713. The molecular weight excluding hydrogens is 314 g/mol. The molecule has 3 aromatic rings. The average Bonchev–Trinajstić information content (AvgIpc) is 3.13. The first-order chi connectivity index (χ1) is 11.1. The lowest BCUT2D eigenvalue weighted by atomic mass is 10.3. The summed E-state index contributed by atoms with van der Waals surface area (Å²) < 4.78 is 6.72. The van der Waals surface area contributed by atoms with Crippen molar-refractivity contribution in [1.29, 1.82) is 0 Å². The third-order valence-electron chi connectivity index (χ3n) is 3.37. The molecule has 0 amide bonds.